The third kappa shape index (κ3) is 4.70. The number of benzene rings is 1. The average Bonchev–Trinajstić information content (AvgIpc) is 2.29. The fourth-order valence-electron chi connectivity index (χ4n) is 1.83. The van der Waals surface area contributed by atoms with Gasteiger partial charge < -0.3 is 5.73 Å². The molecule has 0 saturated carbocycles. The highest BCUT2D eigenvalue weighted by atomic mass is 32.2. The molecule has 1 rings (SSSR count). The molecule has 114 valence electrons. The molecular weight excluding hydrogens is 291 g/mol. The molecule has 0 bridgehead atoms. The predicted octanol–water partition coefficient (Wildman–Crippen LogP) is 3.25. The van der Waals surface area contributed by atoms with Gasteiger partial charge in [-0.2, -0.15) is 13.2 Å². The van der Waals surface area contributed by atoms with E-state index in [2.05, 4.69) is 0 Å². The Hall–Kier alpha value is -1.24. The molecule has 0 aliphatic carbocycles. The quantitative estimate of drug-likeness (QED) is 0.849. The van der Waals surface area contributed by atoms with E-state index in [0.29, 0.717) is 6.42 Å². The van der Waals surface area contributed by atoms with E-state index in [-0.39, 0.29) is 22.9 Å². The lowest BCUT2D eigenvalue weighted by molar-refractivity contribution is -0.138. The molecule has 0 fully saturated rings. The predicted molar refractivity (Wildman–Crippen MR) is 72.8 cm³/mol. The van der Waals surface area contributed by atoms with Gasteiger partial charge in [0.15, 0.2) is 9.84 Å². The summed E-state index contributed by atoms with van der Waals surface area (Å²) < 4.78 is 62.5. The van der Waals surface area contributed by atoms with Crippen LogP contribution in [-0.4, -0.2) is 14.2 Å². The van der Waals surface area contributed by atoms with Gasteiger partial charge in [0.25, 0.3) is 0 Å². The average molecular weight is 309 g/mol. The van der Waals surface area contributed by atoms with E-state index in [1.807, 2.05) is 6.92 Å². The van der Waals surface area contributed by atoms with Crippen LogP contribution in [0.25, 0.3) is 0 Å². The van der Waals surface area contributed by atoms with Crippen molar-refractivity contribution < 1.29 is 21.6 Å². The number of hydrogen-bond donors (Lipinski definition) is 1. The minimum Gasteiger partial charge on any atom is -0.399 e. The fraction of sp³-hybridized carbons (Fsp3) is 0.538. The van der Waals surface area contributed by atoms with Crippen molar-refractivity contribution in [2.45, 2.75) is 32.2 Å². The number of anilines is 1. The topological polar surface area (TPSA) is 60.2 Å². The zero-order chi connectivity index (χ0) is 15.6. The minimum absolute atomic E-state index is 0.0413. The summed E-state index contributed by atoms with van der Waals surface area (Å²) in [5.74, 6) is -0.819. The lowest BCUT2D eigenvalue weighted by Gasteiger charge is -2.15. The minimum atomic E-state index is -4.61. The van der Waals surface area contributed by atoms with Crippen molar-refractivity contribution in [1.29, 1.82) is 0 Å². The molecule has 0 spiro atoms. The third-order valence-electron chi connectivity index (χ3n) is 3.05. The molecule has 1 atom stereocenters. The molecule has 0 radical (unpaired) electrons. The second kappa shape index (κ2) is 6.03. The lowest BCUT2D eigenvalue weighted by Crippen LogP contribution is -2.18. The maximum absolute atomic E-state index is 12.9. The third-order valence-corrected chi connectivity index (χ3v) is 4.88. The van der Waals surface area contributed by atoms with Crippen LogP contribution in [0.4, 0.5) is 18.9 Å². The molecule has 7 heteroatoms. The highest BCUT2D eigenvalue weighted by molar-refractivity contribution is 7.90. The summed E-state index contributed by atoms with van der Waals surface area (Å²) in [7, 11) is -3.58. The molecule has 0 heterocycles. The first-order chi connectivity index (χ1) is 9.05. The standard InChI is InChI=1S/C13H18F3NO2S/c1-3-9(2)7-20(18,19)8-10-4-5-11(17)6-12(10)13(14,15)16/h4-6,9H,3,7-8,17H2,1-2H3. The van der Waals surface area contributed by atoms with Gasteiger partial charge in [-0.3, -0.25) is 0 Å². The van der Waals surface area contributed by atoms with Gasteiger partial charge in [0, 0.05) is 5.69 Å². The van der Waals surface area contributed by atoms with Crippen molar-refractivity contribution in [3.63, 3.8) is 0 Å². The van der Waals surface area contributed by atoms with Gasteiger partial charge in [-0.1, -0.05) is 26.3 Å². The van der Waals surface area contributed by atoms with Crippen LogP contribution in [0, 0.1) is 5.92 Å². The highest BCUT2D eigenvalue weighted by Crippen LogP contribution is 2.34. The lowest BCUT2D eigenvalue weighted by atomic mass is 10.1. The summed E-state index contributed by atoms with van der Waals surface area (Å²) in [4.78, 5) is 0. The van der Waals surface area contributed by atoms with E-state index < -0.39 is 27.3 Å². The first kappa shape index (κ1) is 16.8. The van der Waals surface area contributed by atoms with Crippen LogP contribution in [0.3, 0.4) is 0 Å². The van der Waals surface area contributed by atoms with Crippen molar-refractivity contribution in [3.05, 3.63) is 29.3 Å². The first-order valence-corrected chi connectivity index (χ1v) is 8.03. The summed E-state index contributed by atoms with van der Waals surface area (Å²) in [6.07, 6.45) is -3.95. The molecule has 1 unspecified atom stereocenters. The normalized spacial score (nSPS) is 14.2. The van der Waals surface area contributed by atoms with Crippen LogP contribution in [0.15, 0.2) is 18.2 Å². The van der Waals surface area contributed by atoms with Crippen molar-refractivity contribution >= 4 is 15.5 Å². The molecule has 20 heavy (non-hydrogen) atoms. The van der Waals surface area contributed by atoms with Gasteiger partial charge >= 0.3 is 6.18 Å². The molecule has 1 aromatic carbocycles. The van der Waals surface area contributed by atoms with Crippen LogP contribution in [0.5, 0.6) is 0 Å². The Bertz CT molecular complexity index is 567. The Morgan fingerprint density at radius 2 is 1.90 bits per heavy atom. The van der Waals surface area contributed by atoms with E-state index in [4.69, 9.17) is 5.73 Å². The summed E-state index contributed by atoms with van der Waals surface area (Å²) in [5, 5.41) is 0. The van der Waals surface area contributed by atoms with Gasteiger partial charge in [-0.25, -0.2) is 8.42 Å². The summed E-state index contributed by atoms with van der Waals surface area (Å²) >= 11 is 0. The van der Waals surface area contributed by atoms with Crippen LogP contribution in [0.2, 0.25) is 0 Å². The molecule has 0 aliphatic heterocycles. The van der Waals surface area contributed by atoms with Crippen LogP contribution in [0.1, 0.15) is 31.4 Å². The zero-order valence-corrected chi connectivity index (χ0v) is 12.2. The van der Waals surface area contributed by atoms with Gasteiger partial charge in [-0.05, 0) is 23.6 Å². The van der Waals surface area contributed by atoms with Gasteiger partial charge in [0.1, 0.15) is 0 Å². The van der Waals surface area contributed by atoms with Crippen molar-refractivity contribution in [3.8, 4) is 0 Å². The molecule has 0 aliphatic rings. The Morgan fingerprint density at radius 3 is 2.40 bits per heavy atom. The molecular formula is C13H18F3NO2S. The second-order valence-electron chi connectivity index (χ2n) is 4.98. The number of alkyl halides is 3. The monoisotopic (exact) mass is 309 g/mol. The molecule has 2 N–H and O–H groups in total. The van der Waals surface area contributed by atoms with E-state index in [9.17, 15) is 21.6 Å². The summed E-state index contributed by atoms with van der Waals surface area (Å²) in [5.41, 5.74) is 4.06. The van der Waals surface area contributed by atoms with Crippen molar-refractivity contribution in [2.24, 2.45) is 5.92 Å². The number of halogens is 3. The molecule has 1 aromatic rings. The van der Waals surface area contributed by atoms with Crippen molar-refractivity contribution in [2.75, 3.05) is 11.5 Å². The zero-order valence-electron chi connectivity index (χ0n) is 11.4. The Kier molecular flexibility index (Phi) is 5.07. The molecule has 0 saturated heterocycles. The van der Waals surface area contributed by atoms with E-state index in [1.54, 1.807) is 6.92 Å². The highest BCUT2D eigenvalue weighted by Gasteiger charge is 2.34. The smallest absolute Gasteiger partial charge is 0.399 e. The van der Waals surface area contributed by atoms with E-state index in [1.165, 1.54) is 6.07 Å². The Balaban J connectivity index is 3.10. The van der Waals surface area contributed by atoms with Crippen LogP contribution < -0.4 is 5.73 Å². The van der Waals surface area contributed by atoms with Crippen LogP contribution >= 0.6 is 0 Å². The summed E-state index contributed by atoms with van der Waals surface area (Å²) in [6.45, 7) is 3.59. The molecule has 0 amide bonds. The number of nitrogen functional groups attached to an aromatic ring is 1. The number of hydrogen-bond acceptors (Lipinski definition) is 3. The van der Waals surface area contributed by atoms with Crippen LogP contribution in [-0.2, 0) is 21.8 Å². The Morgan fingerprint density at radius 1 is 1.30 bits per heavy atom. The number of sulfone groups is 1. The fourth-order valence-corrected chi connectivity index (χ4v) is 3.78. The number of nitrogens with two attached hydrogens (primary N) is 1. The van der Waals surface area contributed by atoms with E-state index in [0.717, 1.165) is 12.1 Å². The number of rotatable bonds is 5. The molecule has 0 aromatic heterocycles. The van der Waals surface area contributed by atoms with E-state index >= 15 is 0 Å². The summed E-state index contributed by atoms with van der Waals surface area (Å²) in [6, 6.07) is 3.18. The van der Waals surface area contributed by atoms with Gasteiger partial charge in [-0.15, -0.1) is 0 Å². The maximum Gasteiger partial charge on any atom is 0.416 e. The maximum atomic E-state index is 12.9. The van der Waals surface area contributed by atoms with Crippen molar-refractivity contribution in [1.82, 2.24) is 0 Å². The second-order valence-corrected chi connectivity index (χ2v) is 7.09. The Labute approximate surface area is 116 Å². The SMILES string of the molecule is CCC(C)CS(=O)(=O)Cc1ccc(N)cc1C(F)(F)F. The van der Waals surface area contributed by atoms with Gasteiger partial charge in [0.2, 0.25) is 0 Å². The first-order valence-electron chi connectivity index (χ1n) is 6.21. The van der Waals surface area contributed by atoms with Gasteiger partial charge in [0.05, 0.1) is 17.1 Å². The largest absolute Gasteiger partial charge is 0.416 e. The molecule has 3 nitrogen and oxygen atoms in total.